The number of amides is 1. The van der Waals surface area contributed by atoms with E-state index in [-0.39, 0.29) is 23.6 Å². The van der Waals surface area contributed by atoms with Crippen molar-refractivity contribution in [2.45, 2.75) is 44.0 Å². The summed E-state index contributed by atoms with van der Waals surface area (Å²) < 4.78 is 38.9. The summed E-state index contributed by atoms with van der Waals surface area (Å²) >= 11 is 0. The van der Waals surface area contributed by atoms with Gasteiger partial charge in [-0.3, -0.25) is 9.78 Å². The number of nitrogens with one attached hydrogen (secondary N) is 2. The Morgan fingerprint density at radius 3 is 2.55 bits per heavy atom. The normalized spacial score (nSPS) is 19.2. The van der Waals surface area contributed by atoms with Crippen LogP contribution in [0.25, 0.3) is 10.9 Å². The topological polar surface area (TPSA) is 74.2 Å². The van der Waals surface area contributed by atoms with Crippen molar-refractivity contribution < 1.29 is 23.1 Å². The Hall–Kier alpha value is -3.13. The lowest BCUT2D eigenvalue weighted by molar-refractivity contribution is -0.137. The van der Waals surface area contributed by atoms with Crippen molar-refractivity contribution >= 4 is 28.2 Å². The fourth-order valence-electron chi connectivity index (χ4n) is 3.82. The van der Waals surface area contributed by atoms with Crippen molar-refractivity contribution in [3.8, 4) is 0 Å². The molecule has 4 rings (SSSR count). The second-order valence-electron chi connectivity index (χ2n) is 7.77. The minimum absolute atomic E-state index is 0.0412. The smallest absolute Gasteiger partial charge is 0.393 e. The van der Waals surface area contributed by atoms with Crippen LogP contribution in [-0.4, -0.2) is 28.1 Å². The number of alkyl halides is 3. The van der Waals surface area contributed by atoms with E-state index in [1.165, 1.54) is 12.3 Å². The number of hydrogen-bond donors (Lipinski definition) is 3. The Balaban J connectivity index is 1.52. The number of pyridine rings is 1. The predicted octanol–water partition coefficient (Wildman–Crippen LogP) is 5.03. The molecule has 3 N–H and O–H groups in total. The number of aliphatic hydroxyl groups excluding tert-OH is 1. The quantitative estimate of drug-likeness (QED) is 0.544. The first kappa shape index (κ1) is 21.1. The Bertz CT molecular complexity index is 1090. The van der Waals surface area contributed by atoms with E-state index in [1.807, 2.05) is 0 Å². The molecule has 3 aromatic rings. The van der Waals surface area contributed by atoms with Gasteiger partial charge in [-0.25, -0.2) is 0 Å². The molecule has 1 saturated carbocycles. The Labute approximate surface area is 177 Å². The summed E-state index contributed by atoms with van der Waals surface area (Å²) in [5, 5.41) is 16.3. The number of carbonyl (C=O) groups excluding carboxylic acids is 1. The Morgan fingerprint density at radius 1 is 1.03 bits per heavy atom. The summed E-state index contributed by atoms with van der Waals surface area (Å²) in [5.41, 5.74) is 1.19. The van der Waals surface area contributed by atoms with Crippen LogP contribution in [0.4, 0.5) is 24.5 Å². The van der Waals surface area contributed by atoms with Gasteiger partial charge in [0.15, 0.2) is 0 Å². The molecule has 1 amide bonds. The van der Waals surface area contributed by atoms with Gasteiger partial charge in [0.1, 0.15) is 0 Å². The summed E-state index contributed by atoms with van der Waals surface area (Å²) in [6, 6.07) is 12.1. The lowest BCUT2D eigenvalue weighted by atomic mass is 9.93. The number of fused-ring (bicyclic) bond motifs is 1. The molecule has 1 aliphatic rings. The number of benzene rings is 2. The number of aromatic nitrogens is 1. The highest BCUT2D eigenvalue weighted by Gasteiger charge is 2.30. The minimum Gasteiger partial charge on any atom is -0.393 e. The first-order valence-electron chi connectivity index (χ1n) is 10.1. The molecule has 0 atom stereocenters. The van der Waals surface area contributed by atoms with Crippen LogP contribution >= 0.6 is 0 Å². The molecule has 0 radical (unpaired) electrons. The van der Waals surface area contributed by atoms with Crippen LogP contribution in [0.15, 0.2) is 54.7 Å². The van der Waals surface area contributed by atoms with Gasteiger partial charge < -0.3 is 15.7 Å². The average Bonchev–Trinajstić information content (AvgIpc) is 2.75. The monoisotopic (exact) mass is 429 g/mol. The van der Waals surface area contributed by atoms with Crippen molar-refractivity contribution in [2.75, 3.05) is 5.32 Å². The molecule has 0 aliphatic heterocycles. The van der Waals surface area contributed by atoms with E-state index in [0.29, 0.717) is 35.2 Å². The van der Waals surface area contributed by atoms with E-state index in [1.54, 1.807) is 30.3 Å². The van der Waals surface area contributed by atoms with Gasteiger partial charge in [-0.15, -0.1) is 0 Å². The molecule has 31 heavy (non-hydrogen) atoms. The number of halogens is 3. The van der Waals surface area contributed by atoms with Gasteiger partial charge in [-0.1, -0.05) is 12.1 Å². The van der Waals surface area contributed by atoms with E-state index in [9.17, 15) is 23.1 Å². The van der Waals surface area contributed by atoms with Gasteiger partial charge in [0.25, 0.3) is 5.91 Å². The number of nitrogens with zero attached hydrogens (tertiary/aromatic N) is 1. The molecule has 8 heteroatoms. The highest BCUT2D eigenvalue weighted by atomic mass is 19.4. The molecule has 5 nitrogen and oxygen atoms in total. The van der Waals surface area contributed by atoms with E-state index >= 15 is 0 Å². The fourth-order valence-corrected chi connectivity index (χ4v) is 3.82. The van der Waals surface area contributed by atoms with Crippen LogP contribution in [0.3, 0.4) is 0 Å². The van der Waals surface area contributed by atoms with Crippen molar-refractivity contribution in [1.82, 2.24) is 10.3 Å². The first-order chi connectivity index (χ1) is 14.8. The Morgan fingerprint density at radius 2 is 1.81 bits per heavy atom. The third-order valence-corrected chi connectivity index (χ3v) is 5.51. The third kappa shape index (κ3) is 4.96. The van der Waals surface area contributed by atoms with Crippen molar-refractivity contribution in [1.29, 1.82) is 0 Å². The molecule has 162 valence electrons. The molecular formula is C23H22F3N3O2. The SMILES string of the molecule is O=C(NC1CCC(O)CC1)c1cccc(Nc2ccnc3cc(C(F)(F)F)ccc23)c1. The largest absolute Gasteiger partial charge is 0.416 e. The van der Waals surface area contributed by atoms with Crippen LogP contribution in [0, 0.1) is 0 Å². The van der Waals surface area contributed by atoms with Crippen LogP contribution in [-0.2, 0) is 6.18 Å². The lowest BCUT2D eigenvalue weighted by Gasteiger charge is -2.26. The van der Waals surface area contributed by atoms with Gasteiger partial charge in [-0.05, 0) is 62.1 Å². The van der Waals surface area contributed by atoms with Crippen molar-refractivity contribution in [3.05, 3.63) is 65.9 Å². The van der Waals surface area contributed by atoms with Crippen LogP contribution in [0.2, 0.25) is 0 Å². The van der Waals surface area contributed by atoms with Gasteiger partial charge in [0, 0.05) is 34.6 Å². The maximum Gasteiger partial charge on any atom is 0.416 e. The average molecular weight is 429 g/mol. The van der Waals surface area contributed by atoms with E-state index < -0.39 is 11.7 Å². The zero-order valence-corrected chi connectivity index (χ0v) is 16.6. The molecule has 2 aromatic carbocycles. The van der Waals surface area contributed by atoms with Crippen molar-refractivity contribution in [2.24, 2.45) is 0 Å². The highest BCUT2D eigenvalue weighted by Crippen LogP contribution is 2.33. The molecule has 1 aliphatic carbocycles. The molecule has 0 saturated heterocycles. The summed E-state index contributed by atoms with van der Waals surface area (Å²) in [6.45, 7) is 0. The number of hydrogen-bond acceptors (Lipinski definition) is 4. The van der Waals surface area contributed by atoms with Gasteiger partial charge in [-0.2, -0.15) is 13.2 Å². The second kappa shape index (κ2) is 8.55. The van der Waals surface area contributed by atoms with Gasteiger partial charge in [0.2, 0.25) is 0 Å². The highest BCUT2D eigenvalue weighted by molar-refractivity contribution is 5.97. The van der Waals surface area contributed by atoms with Crippen molar-refractivity contribution in [3.63, 3.8) is 0 Å². The molecule has 0 unspecified atom stereocenters. The van der Waals surface area contributed by atoms with Gasteiger partial charge in [0.05, 0.1) is 17.2 Å². The molecule has 0 spiro atoms. The number of anilines is 2. The summed E-state index contributed by atoms with van der Waals surface area (Å²) in [4.78, 5) is 16.7. The number of rotatable bonds is 4. The third-order valence-electron chi connectivity index (χ3n) is 5.51. The van der Waals surface area contributed by atoms with Crippen LogP contribution in [0.5, 0.6) is 0 Å². The number of aliphatic hydroxyl groups is 1. The molecule has 1 aromatic heterocycles. The van der Waals surface area contributed by atoms with E-state index in [4.69, 9.17) is 0 Å². The van der Waals surface area contributed by atoms with E-state index in [0.717, 1.165) is 25.0 Å². The number of carbonyl (C=O) groups is 1. The summed E-state index contributed by atoms with van der Waals surface area (Å²) in [5.74, 6) is -0.195. The minimum atomic E-state index is -4.43. The maximum atomic E-state index is 13.0. The lowest BCUT2D eigenvalue weighted by Crippen LogP contribution is -2.38. The Kier molecular flexibility index (Phi) is 5.82. The first-order valence-corrected chi connectivity index (χ1v) is 10.1. The zero-order chi connectivity index (χ0) is 22.0. The fraction of sp³-hybridized carbons (Fsp3) is 0.304. The standard InChI is InChI=1S/C23H22F3N3O2/c24-23(25,26)15-4-9-19-20(10-11-27-21(19)13-15)28-17-3-1-2-14(12-17)22(31)29-16-5-7-18(30)8-6-16/h1-4,9-13,16,18,30H,5-8H2,(H,27,28)(H,29,31). The van der Waals surface area contributed by atoms with Crippen LogP contribution < -0.4 is 10.6 Å². The van der Waals surface area contributed by atoms with E-state index in [2.05, 4.69) is 15.6 Å². The molecule has 1 fully saturated rings. The molecule has 0 bridgehead atoms. The maximum absolute atomic E-state index is 13.0. The van der Waals surface area contributed by atoms with Gasteiger partial charge >= 0.3 is 6.18 Å². The molecular weight excluding hydrogens is 407 g/mol. The second-order valence-corrected chi connectivity index (χ2v) is 7.77. The zero-order valence-electron chi connectivity index (χ0n) is 16.6. The predicted molar refractivity (Wildman–Crippen MR) is 112 cm³/mol. The summed E-state index contributed by atoms with van der Waals surface area (Å²) in [6.07, 6.45) is -0.434. The molecule has 1 heterocycles. The summed E-state index contributed by atoms with van der Waals surface area (Å²) in [7, 11) is 0. The van der Waals surface area contributed by atoms with Crippen LogP contribution in [0.1, 0.15) is 41.6 Å².